The van der Waals surface area contributed by atoms with Crippen molar-refractivity contribution in [3.63, 3.8) is 0 Å². The summed E-state index contributed by atoms with van der Waals surface area (Å²) in [4.78, 5) is 0. The first-order chi connectivity index (χ1) is 6.22. The standard InChI is InChI=1S/C13H18/c1-4-12-6-5-7-13(10-12)9-8-11(2)3/h4,6,8-9H,1,5,7,10H2,2-3H3/b13-9-. The summed E-state index contributed by atoms with van der Waals surface area (Å²) < 4.78 is 0. The van der Waals surface area contributed by atoms with E-state index in [9.17, 15) is 0 Å². The highest BCUT2D eigenvalue weighted by molar-refractivity contribution is 5.30. The van der Waals surface area contributed by atoms with Crippen molar-refractivity contribution >= 4 is 0 Å². The van der Waals surface area contributed by atoms with E-state index >= 15 is 0 Å². The van der Waals surface area contributed by atoms with Crippen molar-refractivity contribution in [3.8, 4) is 0 Å². The highest BCUT2D eigenvalue weighted by Gasteiger charge is 2.04. The van der Waals surface area contributed by atoms with Gasteiger partial charge in [0.15, 0.2) is 0 Å². The molecule has 0 aromatic rings. The van der Waals surface area contributed by atoms with E-state index in [1.54, 1.807) is 0 Å². The quantitative estimate of drug-likeness (QED) is 0.589. The average molecular weight is 174 g/mol. The van der Waals surface area contributed by atoms with E-state index in [-0.39, 0.29) is 0 Å². The van der Waals surface area contributed by atoms with Crippen molar-refractivity contribution in [1.82, 2.24) is 0 Å². The van der Waals surface area contributed by atoms with E-state index in [4.69, 9.17) is 0 Å². The highest BCUT2D eigenvalue weighted by atomic mass is 14.1. The number of rotatable bonds is 2. The Morgan fingerprint density at radius 3 is 2.85 bits per heavy atom. The maximum atomic E-state index is 3.80. The van der Waals surface area contributed by atoms with Gasteiger partial charge < -0.3 is 0 Å². The van der Waals surface area contributed by atoms with Crippen molar-refractivity contribution in [2.75, 3.05) is 0 Å². The van der Waals surface area contributed by atoms with Crippen LogP contribution >= 0.6 is 0 Å². The molecule has 0 aromatic heterocycles. The molecule has 0 fully saturated rings. The van der Waals surface area contributed by atoms with Crippen LogP contribution in [0, 0.1) is 0 Å². The molecule has 0 saturated heterocycles. The summed E-state index contributed by atoms with van der Waals surface area (Å²) in [5.74, 6) is 0. The van der Waals surface area contributed by atoms with Crippen molar-refractivity contribution in [3.05, 3.63) is 47.6 Å². The van der Waals surface area contributed by atoms with E-state index in [2.05, 4.69) is 38.7 Å². The van der Waals surface area contributed by atoms with Gasteiger partial charge in [-0.3, -0.25) is 0 Å². The fourth-order valence-electron chi connectivity index (χ4n) is 1.45. The third-order valence-electron chi connectivity index (χ3n) is 2.22. The Kier molecular flexibility index (Phi) is 3.75. The third-order valence-corrected chi connectivity index (χ3v) is 2.22. The number of hydrogen-bond donors (Lipinski definition) is 0. The van der Waals surface area contributed by atoms with E-state index in [0.29, 0.717) is 0 Å². The Morgan fingerprint density at radius 2 is 2.23 bits per heavy atom. The van der Waals surface area contributed by atoms with Crippen LogP contribution in [0.25, 0.3) is 0 Å². The van der Waals surface area contributed by atoms with Crippen LogP contribution in [0.4, 0.5) is 0 Å². The Bertz CT molecular complexity index is 270. The zero-order chi connectivity index (χ0) is 9.68. The fourth-order valence-corrected chi connectivity index (χ4v) is 1.45. The lowest BCUT2D eigenvalue weighted by atomic mass is 9.94. The monoisotopic (exact) mass is 174 g/mol. The van der Waals surface area contributed by atoms with E-state index in [1.165, 1.54) is 29.6 Å². The van der Waals surface area contributed by atoms with E-state index < -0.39 is 0 Å². The predicted molar refractivity (Wildman–Crippen MR) is 59.6 cm³/mol. The molecule has 0 aliphatic heterocycles. The molecule has 0 radical (unpaired) electrons. The fraction of sp³-hybridized carbons (Fsp3) is 0.385. The van der Waals surface area contributed by atoms with Crippen LogP contribution in [0.3, 0.4) is 0 Å². The molecule has 0 saturated carbocycles. The van der Waals surface area contributed by atoms with Gasteiger partial charge in [0.2, 0.25) is 0 Å². The van der Waals surface area contributed by atoms with E-state index in [1.807, 2.05) is 6.08 Å². The zero-order valence-electron chi connectivity index (χ0n) is 8.64. The summed E-state index contributed by atoms with van der Waals surface area (Å²) in [6, 6.07) is 0. The minimum absolute atomic E-state index is 1.09. The summed E-state index contributed by atoms with van der Waals surface area (Å²) in [7, 11) is 0. The van der Waals surface area contributed by atoms with Crippen molar-refractivity contribution < 1.29 is 0 Å². The van der Waals surface area contributed by atoms with Crippen LogP contribution in [0.1, 0.15) is 33.1 Å². The van der Waals surface area contributed by atoms with Gasteiger partial charge in [0, 0.05) is 0 Å². The van der Waals surface area contributed by atoms with Crippen LogP contribution < -0.4 is 0 Å². The maximum absolute atomic E-state index is 3.80. The summed E-state index contributed by atoms with van der Waals surface area (Å²) in [6.45, 7) is 8.06. The van der Waals surface area contributed by atoms with Gasteiger partial charge in [-0.25, -0.2) is 0 Å². The van der Waals surface area contributed by atoms with Gasteiger partial charge in [0.1, 0.15) is 0 Å². The van der Waals surface area contributed by atoms with Crippen LogP contribution in [0.5, 0.6) is 0 Å². The Hall–Kier alpha value is -1.04. The van der Waals surface area contributed by atoms with Crippen molar-refractivity contribution in [1.29, 1.82) is 0 Å². The Labute approximate surface area is 81.4 Å². The first-order valence-corrected chi connectivity index (χ1v) is 4.87. The minimum Gasteiger partial charge on any atom is -0.0988 e. The van der Waals surface area contributed by atoms with E-state index in [0.717, 1.165) is 6.42 Å². The Morgan fingerprint density at radius 1 is 1.46 bits per heavy atom. The second-order valence-electron chi connectivity index (χ2n) is 3.77. The largest absolute Gasteiger partial charge is 0.0988 e. The number of allylic oxidation sites excluding steroid dienone is 7. The molecule has 0 bridgehead atoms. The first-order valence-electron chi connectivity index (χ1n) is 4.87. The molecular weight excluding hydrogens is 156 g/mol. The van der Waals surface area contributed by atoms with Crippen LogP contribution in [-0.2, 0) is 0 Å². The summed E-state index contributed by atoms with van der Waals surface area (Å²) in [5, 5.41) is 0. The summed E-state index contributed by atoms with van der Waals surface area (Å²) >= 11 is 0. The Balaban J connectivity index is 2.65. The SMILES string of the molecule is C=CC1=CCC/C(=C/C=C(C)C)C1. The van der Waals surface area contributed by atoms with Crippen molar-refractivity contribution in [2.24, 2.45) is 0 Å². The summed E-state index contributed by atoms with van der Waals surface area (Å²) in [5.41, 5.74) is 4.26. The highest BCUT2D eigenvalue weighted by Crippen LogP contribution is 2.23. The lowest BCUT2D eigenvalue weighted by Crippen LogP contribution is -1.92. The van der Waals surface area contributed by atoms with Gasteiger partial charge in [-0.05, 0) is 38.7 Å². The van der Waals surface area contributed by atoms with Gasteiger partial charge in [-0.15, -0.1) is 0 Å². The molecule has 0 atom stereocenters. The molecule has 70 valence electrons. The van der Waals surface area contributed by atoms with Gasteiger partial charge in [0.25, 0.3) is 0 Å². The molecule has 0 N–H and O–H groups in total. The molecule has 0 amide bonds. The van der Waals surface area contributed by atoms with Gasteiger partial charge in [-0.1, -0.05) is 42.0 Å². The van der Waals surface area contributed by atoms with Crippen LogP contribution in [0.15, 0.2) is 47.6 Å². The third kappa shape index (κ3) is 3.45. The molecule has 0 heterocycles. The van der Waals surface area contributed by atoms with Crippen molar-refractivity contribution in [2.45, 2.75) is 33.1 Å². The average Bonchev–Trinajstić information content (AvgIpc) is 2.15. The first kappa shape index (κ1) is 10.0. The minimum atomic E-state index is 1.09. The summed E-state index contributed by atoms with van der Waals surface area (Å²) in [6.07, 6.45) is 12.2. The molecule has 1 aliphatic carbocycles. The topological polar surface area (TPSA) is 0 Å². The predicted octanol–water partition coefficient (Wildman–Crippen LogP) is 4.18. The van der Waals surface area contributed by atoms with Gasteiger partial charge in [0.05, 0.1) is 0 Å². The normalized spacial score (nSPS) is 19.5. The smallest absolute Gasteiger partial charge is 0.00672 e. The molecule has 13 heavy (non-hydrogen) atoms. The zero-order valence-corrected chi connectivity index (χ0v) is 8.64. The molecular formula is C13H18. The maximum Gasteiger partial charge on any atom is -0.00672 e. The van der Waals surface area contributed by atoms with Crippen LogP contribution in [0.2, 0.25) is 0 Å². The molecule has 0 aromatic carbocycles. The van der Waals surface area contributed by atoms with Gasteiger partial charge in [-0.2, -0.15) is 0 Å². The molecule has 0 heteroatoms. The second-order valence-corrected chi connectivity index (χ2v) is 3.77. The molecule has 1 aliphatic rings. The van der Waals surface area contributed by atoms with Crippen LogP contribution in [-0.4, -0.2) is 0 Å². The molecule has 0 unspecified atom stereocenters. The molecule has 1 rings (SSSR count). The lowest BCUT2D eigenvalue weighted by Gasteiger charge is -2.12. The van der Waals surface area contributed by atoms with Gasteiger partial charge >= 0.3 is 0 Å². The molecule has 0 spiro atoms. The second kappa shape index (κ2) is 4.86. The molecule has 0 nitrogen and oxygen atoms in total. The number of hydrogen-bond acceptors (Lipinski definition) is 0. The lowest BCUT2D eigenvalue weighted by molar-refractivity contribution is 0.877.